The molecule has 1 aromatic carbocycles. The molecule has 0 aliphatic carbocycles. The van der Waals surface area contributed by atoms with Crippen molar-refractivity contribution < 1.29 is 43.2 Å². The highest BCUT2D eigenvalue weighted by molar-refractivity contribution is 7.57. The zero-order valence-corrected chi connectivity index (χ0v) is 23.8. The highest BCUT2D eigenvalue weighted by Crippen LogP contribution is 2.44. The van der Waals surface area contributed by atoms with E-state index in [4.69, 9.17) is 29.9 Å². The molecular formula is C25H33N6O9P. The number of nitrogens with two attached hydrogens (primary N) is 1. The molecule has 0 fully saturated rings. The van der Waals surface area contributed by atoms with Crippen LogP contribution in [0.5, 0.6) is 5.75 Å². The summed E-state index contributed by atoms with van der Waals surface area (Å²) in [5.74, 6) is -2.36. The number of esters is 1. The van der Waals surface area contributed by atoms with Gasteiger partial charge < -0.3 is 34.5 Å². The number of nitrogen functional groups attached to an aromatic ring is 1. The van der Waals surface area contributed by atoms with Crippen molar-refractivity contribution in [1.29, 1.82) is 0 Å². The van der Waals surface area contributed by atoms with E-state index in [2.05, 4.69) is 20.0 Å². The van der Waals surface area contributed by atoms with E-state index in [1.807, 2.05) is 13.0 Å². The highest BCUT2D eigenvalue weighted by atomic mass is 31.2. The second kappa shape index (κ2) is 15.5. The Morgan fingerprint density at radius 1 is 1.05 bits per heavy atom. The lowest BCUT2D eigenvalue weighted by molar-refractivity contribution is -0.149. The van der Waals surface area contributed by atoms with E-state index in [9.17, 15) is 18.9 Å². The predicted octanol–water partition coefficient (Wildman–Crippen LogP) is 2.68. The number of rotatable bonds is 13. The van der Waals surface area contributed by atoms with Gasteiger partial charge in [0.1, 0.15) is 30.0 Å². The molecule has 3 aromatic rings. The Balaban J connectivity index is 0.000000642. The maximum absolute atomic E-state index is 13.6. The van der Waals surface area contributed by atoms with Gasteiger partial charge in [0, 0.05) is 12.2 Å². The maximum Gasteiger partial charge on any atom is 0.342 e. The molecule has 15 nitrogen and oxygen atoms in total. The predicted molar refractivity (Wildman–Crippen MR) is 148 cm³/mol. The standard InChI is InChI=1S/C21H29N6O5P.C4H4O4/c1-14(2)31-21(28)16(4)26-33(29,32-17-8-6-5-7-9-17)13-30-15(3)10-27-12-25-18-19(22)23-11-24-20(18)27;5-3(6)1-2-4(7)8/h5-9,11-12,14-16H,10,13H2,1-4H3,(H,26,29)(H2,22,23,24);1-2H,(H,5,6)(H,7,8)/b;2-1+/t15-,16+,33-;/m1./s1. The summed E-state index contributed by atoms with van der Waals surface area (Å²) in [7, 11) is -3.64. The van der Waals surface area contributed by atoms with Crippen LogP contribution in [-0.2, 0) is 35.0 Å². The monoisotopic (exact) mass is 592 g/mol. The molecule has 41 heavy (non-hydrogen) atoms. The number of carboxylic acid groups (broad SMARTS) is 2. The lowest BCUT2D eigenvalue weighted by atomic mass is 10.3. The average Bonchev–Trinajstić information content (AvgIpc) is 3.30. The van der Waals surface area contributed by atoms with Crippen LogP contribution in [-0.4, -0.2) is 72.2 Å². The van der Waals surface area contributed by atoms with Crippen molar-refractivity contribution in [3.8, 4) is 5.75 Å². The molecule has 0 amide bonds. The van der Waals surface area contributed by atoms with Crippen LogP contribution in [0, 0.1) is 0 Å². The first-order valence-corrected chi connectivity index (χ1v) is 14.1. The first kappa shape index (κ1) is 32.9. The van der Waals surface area contributed by atoms with E-state index in [0.717, 1.165) is 0 Å². The highest BCUT2D eigenvalue weighted by Gasteiger charge is 2.32. The fourth-order valence-electron chi connectivity index (χ4n) is 3.15. The Bertz CT molecular complexity index is 1380. The van der Waals surface area contributed by atoms with E-state index in [1.54, 1.807) is 55.9 Å². The summed E-state index contributed by atoms with van der Waals surface area (Å²) >= 11 is 0. The maximum atomic E-state index is 13.6. The van der Waals surface area contributed by atoms with Crippen LogP contribution in [0.3, 0.4) is 0 Å². The van der Waals surface area contributed by atoms with Crippen LogP contribution in [0.15, 0.2) is 55.1 Å². The summed E-state index contributed by atoms with van der Waals surface area (Å²) in [4.78, 5) is 43.7. The molecule has 3 rings (SSSR count). The molecule has 0 saturated heterocycles. The number of ether oxygens (including phenoxy) is 2. The van der Waals surface area contributed by atoms with Gasteiger partial charge in [0.05, 0.1) is 25.1 Å². The minimum atomic E-state index is -3.64. The van der Waals surface area contributed by atoms with Gasteiger partial charge in [-0.3, -0.25) is 9.36 Å². The second-order valence-corrected chi connectivity index (χ2v) is 10.9. The molecule has 0 radical (unpaired) electrons. The summed E-state index contributed by atoms with van der Waals surface area (Å²) < 4.78 is 32.2. The molecular weight excluding hydrogens is 559 g/mol. The molecule has 3 atom stereocenters. The molecule has 5 N–H and O–H groups in total. The number of anilines is 1. The van der Waals surface area contributed by atoms with Crippen LogP contribution < -0.4 is 15.3 Å². The van der Waals surface area contributed by atoms with E-state index in [-0.39, 0.29) is 18.6 Å². The van der Waals surface area contributed by atoms with E-state index in [0.29, 0.717) is 41.4 Å². The number of nitrogens with one attached hydrogen (secondary N) is 1. The number of hydrogen-bond donors (Lipinski definition) is 4. The fraction of sp³-hybridized carbons (Fsp3) is 0.360. The number of aromatic nitrogens is 4. The summed E-state index contributed by atoms with van der Waals surface area (Å²) in [5.41, 5.74) is 6.91. The third-order valence-electron chi connectivity index (χ3n) is 4.87. The molecule has 222 valence electrons. The van der Waals surface area contributed by atoms with Crippen molar-refractivity contribution in [2.45, 2.75) is 52.5 Å². The number of hydrogen-bond acceptors (Lipinski definition) is 11. The van der Waals surface area contributed by atoms with Gasteiger partial charge in [0.2, 0.25) is 0 Å². The number of benzene rings is 1. The quantitative estimate of drug-likeness (QED) is 0.127. The van der Waals surface area contributed by atoms with Gasteiger partial charge in [-0.05, 0) is 39.8 Å². The average molecular weight is 593 g/mol. The fourth-order valence-corrected chi connectivity index (χ4v) is 4.94. The van der Waals surface area contributed by atoms with E-state index < -0.39 is 31.5 Å². The number of carbonyl (C=O) groups excluding carboxylic acids is 1. The van der Waals surface area contributed by atoms with Crippen molar-refractivity contribution in [2.75, 3.05) is 12.1 Å². The van der Waals surface area contributed by atoms with Gasteiger partial charge in [0.15, 0.2) is 11.5 Å². The van der Waals surface area contributed by atoms with Crippen molar-refractivity contribution >= 4 is 42.4 Å². The summed E-state index contributed by atoms with van der Waals surface area (Å²) in [6.07, 6.45) is 3.13. The zero-order chi connectivity index (χ0) is 30.6. The molecule has 0 aliphatic rings. The Morgan fingerprint density at radius 2 is 1.68 bits per heavy atom. The van der Waals surface area contributed by atoms with Gasteiger partial charge in [0.25, 0.3) is 0 Å². The van der Waals surface area contributed by atoms with Crippen LogP contribution >= 0.6 is 7.52 Å². The molecule has 0 bridgehead atoms. The van der Waals surface area contributed by atoms with Gasteiger partial charge in [-0.25, -0.2) is 29.6 Å². The lowest BCUT2D eigenvalue weighted by Gasteiger charge is -2.25. The molecule has 16 heteroatoms. The number of para-hydroxylation sites is 1. The number of imidazole rings is 1. The SMILES string of the molecule is CC(C)OC(=O)[C@H](C)N[P@@](=O)(CO[C@H](C)Cn1cnc2c(N)ncnc21)Oc1ccccc1.O=C(O)/C=C/C(=O)O. The summed E-state index contributed by atoms with van der Waals surface area (Å²) in [6.45, 7) is 7.25. The van der Waals surface area contributed by atoms with Gasteiger partial charge in [-0.15, -0.1) is 0 Å². The third kappa shape index (κ3) is 11.4. The number of carboxylic acids is 2. The number of aliphatic carboxylic acids is 2. The lowest BCUT2D eigenvalue weighted by Crippen LogP contribution is -2.37. The molecule has 2 heterocycles. The van der Waals surface area contributed by atoms with Crippen LogP contribution in [0.1, 0.15) is 27.7 Å². The number of nitrogens with zero attached hydrogens (tertiary/aromatic N) is 4. The van der Waals surface area contributed by atoms with Crippen molar-refractivity contribution in [3.63, 3.8) is 0 Å². The largest absolute Gasteiger partial charge is 0.478 e. The van der Waals surface area contributed by atoms with Crippen LogP contribution in [0.2, 0.25) is 0 Å². The van der Waals surface area contributed by atoms with Crippen molar-refractivity contribution in [1.82, 2.24) is 24.6 Å². The minimum Gasteiger partial charge on any atom is -0.478 e. The minimum absolute atomic E-state index is 0.272. The van der Waals surface area contributed by atoms with Gasteiger partial charge in [-0.2, -0.15) is 0 Å². The van der Waals surface area contributed by atoms with E-state index in [1.165, 1.54) is 6.33 Å². The van der Waals surface area contributed by atoms with Gasteiger partial charge in [-0.1, -0.05) is 18.2 Å². The molecule has 0 spiro atoms. The number of carbonyl (C=O) groups is 3. The first-order chi connectivity index (χ1) is 19.3. The summed E-state index contributed by atoms with van der Waals surface area (Å²) in [5, 5.41) is 18.4. The molecule has 2 aromatic heterocycles. The Morgan fingerprint density at radius 3 is 2.27 bits per heavy atom. The first-order valence-electron chi connectivity index (χ1n) is 12.3. The normalized spacial score (nSPS) is 14.1. The smallest absolute Gasteiger partial charge is 0.342 e. The van der Waals surface area contributed by atoms with E-state index >= 15 is 0 Å². The van der Waals surface area contributed by atoms with Crippen molar-refractivity contribution in [3.05, 3.63) is 55.1 Å². The third-order valence-corrected chi connectivity index (χ3v) is 6.65. The van der Waals surface area contributed by atoms with Gasteiger partial charge >= 0.3 is 25.4 Å². The van der Waals surface area contributed by atoms with Crippen LogP contribution in [0.25, 0.3) is 11.2 Å². The summed E-state index contributed by atoms with van der Waals surface area (Å²) in [6, 6.07) is 7.83. The van der Waals surface area contributed by atoms with Crippen molar-refractivity contribution in [2.24, 2.45) is 0 Å². The Kier molecular flexibility index (Phi) is 12.4. The second-order valence-electron chi connectivity index (χ2n) is 8.86. The molecule has 0 aliphatic heterocycles. The topological polar surface area (TPSA) is 218 Å². The molecule has 0 saturated carbocycles. The Hall–Kier alpha value is -4.33. The zero-order valence-electron chi connectivity index (χ0n) is 22.9. The number of fused-ring (bicyclic) bond motifs is 1. The van der Waals surface area contributed by atoms with Crippen LogP contribution in [0.4, 0.5) is 5.82 Å². The molecule has 0 unspecified atom stereocenters. The Labute approximate surface area is 235 Å².